The highest BCUT2D eigenvalue weighted by molar-refractivity contribution is 6.06. The Balaban J connectivity index is 1.74. The fourth-order valence-electron chi connectivity index (χ4n) is 3.09. The van der Waals surface area contributed by atoms with Gasteiger partial charge in [0.15, 0.2) is 0 Å². The van der Waals surface area contributed by atoms with Crippen LogP contribution in [-0.2, 0) is 6.54 Å². The van der Waals surface area contributed by atoms with Crippen LogP contribution in [0.5, 0.6) is 0 Å². The average Bonchev–Trinajstić information content (AvgIpc) is 2.74. The number of anilines is 1. The van der Waals surface area contributed by atoms with Gasteiger partial charge in [-0.05, 0) is 41.7 Å². The molecule has 0 aliphatic rings. The Morgan fingerprint density at radius 1 is 0.966 bits per heavy atom. The number of hydrogen-bond acceptors (Lipinski definition) is 3. The Bertz CT molecular complexity index is 1010. The van der Waals surface area contributed by atoms with Crippen LogP contribution >= 0.6 is 0 Å². The smallest absolute Gasteiger partial charge is 0.270 e. The van der Waals surface area contributed by atoms with Crippen LogP contribution < -0.4 is 10.6 Å². The normalized spacial score (nSPS) is 10.6. The lowest BCUT2D eigenvalue weighted by atomic mass is 9.98. The molecule has 0 bridgehead atoms. The molecule has 2 N–H and O–H groups in total. The zero-order chi connectivity index (χ0) is 20.8. The van der Waals surface area contributed by atoms with Crippen molar-refractivity contribution < 1.29 is 9.59 Å². The second-order valence-corrected chi connectivity index (χ2v) is 7.25. The number of hydrogen-bond donors (Lipinski definition) is 2. The summed E-state index contributed by atoms with van der Waals surface area (Å²) in [6.45, 7) is 6.55. The van der Waals surface area contributed by atoms with Crippen molar-refractivity contribution in [1.29, 1.82) is 0 Å². The van der Waals surface area contributed by atoms with E-state index in [4.69, 9.17) is 0 Å². The first-order valence-electron chi connectivity index (χ1n) is 9.64. The number of para-hydroxylation sites is 1. The van der Waals surface area contributed by atoms with Crippen LogP contribution in [0.1, 0.15) is 57.3 Å². The summed E-state index contributed by atoms with van der Waals surface area (Å²) in [5.74, 6) is -0.301. The maximum Gasteiger partial charge on any atom is 0.270 e. The molecule has 0 aliphatic heterocycles. The number of amides is 2. The fraction of sp³-hybridized carbons (Fsp3) is 0.208. The lowest BCUT2D eigenvalue weighted by Gasteiger charge is -2.16. The Kier molecular flexibility index (Phi) is 6.39. The SMILES string of the molecule is Cc1cccc(C(C)C)c1NC(=O)c1ccnc(C(=O)NCc2ccccc2)c1. The van der Waals surface area contributed by atoms with Crippen molar-refractivity contribution in [2.45, 2.75) is 33.2 Å². The van der Waals surface area contributed by atoms with Gasteiger partial charge in [-0.3, -0.25) is 14.6 Å². The van der Waals surface area contributed by atoms with Gasteiger partial charge in [0.05, 0.1) is 0 Å². The van der Waals surface area contributed by atoms with Crippen LogP contribution in [0.2, 0.25) is 0 Å². The molecule has 1 heterocycles. The Morgan fingerprint density at radius 2 is 1.72 bits per heavy atom. The van der Waals surface area contributed by atoms with Gasteiger partial charge < -0.3 is 10.6 Å². The predicted molar refractivity (Wildman–Crippen MR) is 115 cm³/mol. The molecular formula is C24H25N3O2. The first kappa shape index (κ1) is 20.3. The summed E-state index contributed by atoms with van der Waals surface area (Å²) in [7, 11) is 0. The summed E-state index contributed by atoms with van der Waals surface area (Å²) in [5, 5.41) is 5.83. The van der Waals surface area contributed by atoms with Crippen molar-refractivity contribution in [2.75, 3.05) is 5.32 Å². The molecule has 0 fully saturated rings. The Labute approximate surface area is 171 Å². The molecule has 3 rings (SSSR count). The van der Waals surface area contributed by atoms with Crippen molar-refractivity contribution in [2.24, 2.45) is 0 Å². The minimum atomic E-state index is -0.317. The molecule has 29 heavy (non-hydrogen) atoms. The minimum absolute atomic E-state index is 0.211. The summed E-state index contributed by atoms with van der Waals surface area (Å²) in [5.41, 5.74) is 4.49. The van der Waals surface area contributed by atoms with E-state index in [0.717, 1.165) is 22.4 Å². The second-order valence-electron chi connectivity index (χ2n) is 7.25. The van der Waals surface area contributed by atoms with Gasteiger partial charge in [0, 0.05) is 24.0 Å². The van der Waals surface area contributed by atoms with Crippen molar-refractivity contribution in [3.05, 3.63) is 94.8 Å². The van der Waals surface area contributed by atoms with Gasteiger partial charge >= 0.3 is 0 Å². The van der Waals surface area contributed by atoms with Crippen LogP contribution in [0, 0.1) is 6.92 Å². The molecule has 2 amide bonds. The van der Waals surface area contributed by atoms with Gasteiger partial charge in [-0.2, -0.15) is 0 Å². The van der Waals surface area contributed by atoms with Crippen LogP contribution in [0.3, 0.4) is 0 Å². The first-order valence-corrected chi connectivity index (χ1v) is 9.64. The molecule has 1 aromatic heterocycles. The number of nitrogens with zero attached hydrogens (tertiary/aromatic N) is 1. The summed E-state index contributed by atoms with van der Waals surface area (Å²) in [4.78, 5) is 29.4. The first-order chi connectivity index (χ1) is 14.0. The molecular weight excluding hydrogens is 362 g/mol. The third kappa shape index (κ3) is 5.08. The van der Waals surface area contributed by atoms with Gasteiger partial charge in [0.1, 0.15) is 5.69 Å². The highest BCUT2D eigenvalue weighted by Crippen LogP contribution is 2.27. The molecule has 2 aromatic carbocycles. The summed E-state index contributed by atoms with van der Waals surface area (Å²) < 4.78 is 0. The molecule has 5 heteroatoms. The number of rotatable bonds is 6. The predicted octanol–water partition coefficient (Wildman–Crippen LogP) is 4.70. The molecule has 0 atom stereocenters. The van der Waals surface area contributed by atoms with Gasteiger partial charge in [-0.1, -0.05) is 62.4 Å². The number of aryl methyl sites for hydroxylation is 1. The van der Waals surface area contributed by atoms with E-state index in [1.54, 1.807) is 6.07 Å². The van der Waals surface area contributed by atoms with Crippen LogP contribution in [0.25, 0.3) is 0 Å². The maximum atomic E-state index is 12.8. The van der Waals surface area contributed by atoms with E-state index in [-0.39, 0.29) is 23.4 Å². The average molecular weight is 387 g/mol. The number of carbonyl (C=O) groups is 2. The van der Waals surface area contributed by atoms with E-state index in [1.165, 1.54) is 12.3 Å². The zero-order valence-electron chi connectivity index (χ0n) is 16.9. The molecule has 0 spiro atoms. The van der Waals surface area contributed by atoms with E-state index in [2.05, 4.69) is 29.5 Å². The largest absolute Gasteiger partial charge is 0.347 e. The van der Waals surface area contributed by atoms with Crippen LogP contribution in [0.4, 0.5) is 5.69 Å². The Morgan fingerprint density at radius 3 is 2.45 bits per heavy atom. The molecule has 0 saturated carbocycles. The maximum absolute atomic E-state index is 12.8. The highest BCUT2D eigenvalue weighted by Gasteiger charge is 2.15. The number of benzene rings is 2. The lowest BCUT2D eigenvalue weighted by molar-refractivity contribution is 0.0946. The highest BCUT2D eigenvalue weighted by atomic mass is 16.2. The molecule has 148 valence electrons. The monoisotopic (exact) mass is 387 g/mol. The lowest BCUT2D eigenvalue weighted by Crippen LogP contribution is -2.24. The van der Waals surface area contributed by atoms with Crippen LogP contribution in [-0.4, -0.2) is 16.8 Å². The third-order valence-electron chi connectivity index (χ3n) is 4.72. The van der Waals surface area contributed by atoms with E-state index >= 15 is 0 Å². The third-order valence-corrected chi connectivity index (χ3v) is 4.72. The summed E-state index contributed by atoms with van der Waals surface area (Å²) in [6.07, 6.45) is 1.48. The molecule has 0 unspecified atom stereocenters. The van der Waals surface area contributed by atoms with Gasteiger partial charge in [0.2, 0.25) is 0 Å². The van der Waals surface area contributed by atoms with Crippen molar-refractivity contribution in [3.63, 3.8) is 0 Å². The fourth-order valence-corrected chi connectivity index (χ4v) is 3.09. The van der Waals surface area contributed by atoms with E-state index in [9.17, 15) is 9.59 Å². The van der Waals surface area contributed by atoms with Crippen molar-refractivity contribution >= 4 is 17.5 Å². The van der Waals surface area contributed by atoms with Gasteiger partial charge in [0.25, 0.3) is 11.8 Å². The molecule has 0 aliphatic carbocycles. The number of pyridine rings is 1. The molecule has 3 aromatic rings. The number of aromatic nitrogens is 1. The van der Waals surface area contributed by atoms with Gasteiger partial charge in [-0.25, -0.2) is 0 Å². The quantitative estimate of drug-likeness (QED) is 0.644. The van der Waals surface area contributed by atoms with Gasteiger partial charge in [-0.15, -0.1) is 0 Å². The number of carbonyl (C=O) groups excluding carboxylic acids is 2. The zero-order valence-corrected chi connectivity index (χ0v) is 16.9. The molecule has 0 radical (unpaired) electrons. The van der Waals surface area contributed by atoms with E-state index in [1.807, 2.05) is 55.5 Å². The minimum Gasteiger partial charge on any atom is -0.347 e. The van der Waals surface area contributed by atoms with Crippen LogP contribution in [0.15, 0.2) is 66.9 Å². The molecule has 0 saturated heterocycles. The second kappa shape index (κ2) is 9.15. The van der Waals surface area contributed by atoms with Crippen molar-refractivity contribution in [1.82, 2.24) is 10.3 Å². The van der Waals surface area contributed by atoms with E-state index < -0.39 is 0 Å². The summed E-state index contributed by atoms with van der Waals surface area (Å²) in [6, 6.07) is 18.7. The molecule has 5 nitrogen and oxygen atoms in total. The van der Waals surface area contributed by atoms with E-state index in [0.29, 0.717) is 12.1 Å². The van der Waals surface area contributed by atoms with Crippen molar-refractivity contribution in [3.8, 4) is 0 Å². The Hall–Kier alpha value is -3.47. The topological polar surface area (TPSA) is 71.1 Å². The number of nitrogens with one attached hydrogen (secondary N) is 2. The summed E-state index contributed by atoms with van der Waals surface area (Å²) >= 11 is 0. The standard InChI is InChI=1S/C24H25N3O2/c1-16(2)20-11-7-8-17(3)22(20)27-23(28)19-12-13-25-21(14-19)24(29)26-15-18-9-5-4-6-10-18/h4-14,16H,15H2,1-3H3,(H,26,29)(H,27,28).